The molecular weight excluding hydrogens is 701 g/mol. The Bertz CT molecular complexity index is 1540. The van der Waals surface area contributed by atoms with Gasteiger partial charge in [0.25, 0.3) is 0 Å². The molecule has 6 aliphatic rings. The van der Waals surface area contributed by atoms with Crippen LogP contribution in [0.15, 0.2) is 43.0 Å². The van der Waals surface area contributed by atoms with E-state index in [0.717, 1.165) is 31.3 Å². The lowest BCUT2D eigenvalue weighted by Crippen LogP contribution is -2.67. The number of fused-ring (bicyclic) bond motifs is 7. The number of hydrogen-bond donors (Lipinski definition) is 2. The van der Waals surface area contributed by atoms with Crippen LogP contribution in [0.25, 0.3) is 5.57 Å². The van der Waals surface area contributed by atoms with Gasteiger partial charge in [-0.1, -0.05) is 107 Å². The van der Waals surface area contributed by atoms with Crippen LogP contribution in [-0.4, -0.2) is 67.6 Å². The van der Waals surface area contributed by atoms with Gasteiger partial charge < -0.3 is 15.3 Å². The minimum absolute atomic E-state index is 0.0342. The lowest BCUT2D eigenvalue weighted by Gasteiger charge is -2.72. The van der Waals surface area contributed by atoms with E-state index in [-0.39, 0.29) is 16.4 Å². The molecule has 6 nitrogen and oxygen atoms in total. The van der Waals surface area contributed by atoms with Gasteiger partial charge in [0.15, 0.2) is 9.84 Å². The van der Waals surface area contributed by atoms with Crippen LogP contribution in [0.3, 0.4) is 0 Å². The number of carbonyl (C=O) groups is 1. The average Bonchev–Trinajstić information content (AvgIpc) is 3.59. The van der Waals surface area contributed by atoms with Gasteiger partial charge in [-0.05, 0) is 133 Å². The molecule has 7 heteroatoms. The summed E-state index contributed by atoms with van der Waals surface area (Å²) in [5.41, 5.74) is 4.19. The predicted octanol–water partition coefficient (Wildman–Crippen LogP) is 11.6. The molecule has 314 valence electrons. The third-order valence-electron chi connectivity index (χ3n) is 15.7. The highest BCUT2D eigenvalue weighted by molar-refractivity contribution is 7.91. The summed E-state index contributed by atoms with van der Waals surface area (Å²) in [7, 11) is -2.83. The molecule has 4 saturated carbocycles. The zero-order valence-corrected chi connectivity index (χ0v) is 38.1. The van der Waals surface area contributed by atoms with Gasteiger partial charge in [-0.3, -0.25) is 0 Å². The average molecular weight is 783 g/mol. The zero-order chi connectivity index (χ0) is 41.5. The van der Waals surface area contributed by atoms with E-state index in [1.807, 2.05) is 60.6 Å². The summed E-state index contributed by atoms with van der Waals surface area (Å²) in [6.07, 6.45) is 17.3. The molecule has 0 spiro atoms. The Kier molecular flexibility index (Phi) is 16.5. The molecule has 1 saturated heterocycles. The molecule has 8 atom stereocenters. The summed E-state index contributed by atoms with van der Waals surface area (Å²) in [6, 6.07) is 7.59. The Hall–Kier alpha value is -1.96. The standard InChI is InChI=1S/C39H58N2O4S.C3H6.3C2H6/c1-35(2)29(27-8-10-28(11-9-27)34(42)43)14-17-36(3)32(35)15-18-38(5)33(36)13-12-30-31-7-6-16-39(31,20-19-37(30,38)4)40-21-22-41-23-25-46(44,45)26-24-41;1-3-2;3*1-2/h8-11,14,30-33,40H,6-7,12-13,15-26H2,1-5H3,(H,42,43);3H,1H2,2H3;3*1-2H3/t30?,31?,32?,33?,36?,37-,38?,39?;;;;/m1..../s1. The smallest absolute Gasteiger partial charge is 0.335 e. The van der Waals surface area contributed by atoms with Gasteiger partial charge in [0.1, 0.15) is 0 Å². The highest BCUT2D eigenvalue weighted by Crippen LogP contribution is 2.76. The number of aromatic carboxylic acids is 1. The van der Waals surface area contributed by atoms with E-state index in [4.69, 9.17) is 0 Å². The topological polar surface area (TPSA) is 86.7 Å². The molecule has 0 aromatic heterocycles. The second kappa shape index (κ2) is 19.2. The lowest BCUT2D eigenvalue weighted by molar-refractivity contribution is -0.217. The Balaban J connectivity index is 0.000000837. The van der Waals surface area contributed by atoms with Crippen LogP contribution >= 0.6 is 0 Å². The number of nitrogens with one attached hydrogen (secondary N) is 1. The van der Waals surface area contributed by atoms with Crippen molar-refractivity contribution in [2.75, 3.05) is 37.7 Å². The van der Waals surface area contributed by atoms with E-state index in [1.54, 1.807) is 18.2 Å². The van der Waals surface area contributed by atoms with Crippen molar-refractivity contribution in [2.24, 2.45) is 45.3 Å². The summed E-state index contributed by atoms with van der Waals surface area (Å²) >= 11 is 0. The van der Waals surface area contributed by atoms with Crippen molar-refractivity contribution in [3.63, 3.8) is 0 Å². The van der Waals surface area contributed by atoms with Crippen LogP contribution in [0.4, 0.5) is 0 Å². The lowest BCUT2D eigenvalue weighted by atomic mass is 9.33. The SMILES string of the molecule is C=CC.CC.CC.CC.CC1(C)C(c2ccc(C(=O)O)cc2)=CCC2(C)C1CCC1(C)C2CCC2C3CCCC3(NCCN3CCS(=O)(=O)CC3)CC[C@]21C. The minimum Gasteiger partial charge on any atom is -0.478 e. The maximum atomic E-state index is 11.9. The van der Waals surface area contributed by atoms with Crippen LogP contribution in [0.2, 0.25) is 0 Å². The first-order chi connectivity index (χ1) is 26.1. The maximum absolute atomic E-state index is 11.9. The molecule has 7 unspecified atom stereocenters. The maximum Gasteiger partial charge on any atom is 0.335 e. The van der Waals surface area contributed by atoms with Crippen LogP contribution in [0.5, 0.6) is 0 Å². The summed E-state index contributed by atoms with van der Waals surface area (Å²) in [4.78, 5) is 13.9. The van der Waals surface area contributed by atoms with Crippen molar-refractivity contribution in [1.29, 1.82) is 0 Å². The van der Waals surface area contributed by atoms with Gasteiger partial charge in [-0.15, -0.1) is 6.58 Å². The Morgan fingerprint density at radius 3 is 2.02 bits per heavy atom. The van der Waals surface area contributed by atoms with Crippen LogP contribution in [-0.2, 0) is 9.84 Å². The fraction of sp³-hybridized carbons (Fsp3) is 0.771. The normalized spacial score (nSPS) is 36.5. The summed E-state index contributed by atoms with van der Waals surface area (Å²) in [6.45, 7) is 33.5. The third-order valence-corrected chi connectivity index (χ3v) is 17.3. The number of rotatable bonds is 6. The van der Waals surface area contributed by atoms with Crippen molar-refractivity contribution in [3.8, 4) is 0 Å². The molecule has 0 amide bonds. The van der Waals surface area contributed by atoms with Crippen molar-refractivity contribution in [1.82, 2.24) is 10.2 Å². The zero-order valence-electron chi connectivity index (χ0n) is 37.3. The number of nitrogens with zero attached hydrogens (tertiary/aromatic N) is 1. The number of carboxylic acids is 1. The van der Waals surface area contributed by atoms with Gasteiger partial charge >= 0.3 is 5.97 Å². The van der Waals surface area contributed by atoms with Gasteiger partial charge in [-0.2, -0.15) is 0 Å². The molecule has 5 aliphatic carbocycles. The van der Waals surface area contributed by atoms with Crippen LogP contribution in [0, 0.1) is 45.3 Å². The summed E-state index contributed by atoms with van der Waals surface area (Å²) in [5.74, 6) is 2.61. The van der Waals surface area contributed by atoms with Gasteiger partial charge in [-0.25, -0.2) is 13.2 Å². The Labute approximate surface area is 338 Å². The molecule has 1 aliphatic heterocycles. The van der Waals surface area contributed by atoms with Gasteiger partial charge in [0.2, 0.25) is 0 Å². The molecule has 1 aromatic rings. The van der Waals surface area contributed by atoms with Crippen molar-refractivity contribution >= 4 is 21.4 Å². The molecule has 0 bridgehead atoms. The first kappa shape index (κ1) is 47.4. The Morgan fingerprint density at radius 1 is 0.836 bits per heavy atom. The number of allylic oxidation sites excluding steroid dienone is 3. The van der Waals surface area contributed by atoms with E-state index in [9.17, 15) is 18.3 Å². The molecule has 5 fully saturated rings. The number of benzene rings is 1. The minimum atomic E-state index is -2.83. The molecular formula is C48H82N2O4S. The first-order valence-electron chi connectivity index (χ1n) is 22.4. The van der Waals surface area contributed by atoms with Crippen molar-refractivity contribution < 1.29 is 18.3 Å². The number of hydrogen-bond acceptors (Lipinski definition) is 5. The monoisotopic (exact) mass is 783 g/mol. The third kappa shape index (κ3) is 8.89. The number of sulfone groups is 1. The highest BCUT2D eigenvalue weighted by Gasteiger charge is 2.69. The molecule has 0 radical (unpaired) electrons. The van der Waals surface area contributed by atoms with E-state index in [1.165, 1.54) is 68.9 Å². The second-order valence-electron chi connectivity index (χ2n) is 18.1. The summed E-state index contributed by atoms with van der Waals surface area (Å²) in [5, 5.41) is 13.6. The molecule has 55 heavy (non-hydrogen) atoms. The van der Waals surface area contributed by atoms with Crippen molar-refractivity contribution in [3.05, 3.63) is 54.1 Å². The highest BCUT2D eigenvalue weighted by atomic mass is 32.2. The molecule has 7 rings (SSSR count). The molecule has 1 aromatic carbocycles. The van der Waals surface area contributed by atoms with Crippen LogP contribution in [0.1, 0.15) is 163 Å². The largest absolute Gasteiger partial charge is 0.478 e. The van der Waals surface area contributed by atoms with E-state index in [0.29, 0.717) is 52.8 Å². The Morgan fingerprint density at radius 2 is 1.44 bits per heavy atom. The second-order valence-corrected chi connectivity index (χ2v) is 20.4. The summed E-state index contributed by atoms with van der Waals surface area (Å²) < 4.78 is 23.9. The number of carboxylic acid groups (broad SMARTS) is 1. The van der Waals surface area contributed by atoms with E-state index < -0.39 is 15.8 Å². The molecule has 1 heterocycles. The van der Waals surface area contributed by atoms with E-state index in [2.05, 4.69) is 57.5 Å². The predicted molar refractivity (Wildman–Crippen MR) is 235 cm³/mol. The quantitative estimate of drug-likeness (QED) is 0.280. The molecule has 2 N–H and O–H groups in total. The van der Waals surface area contributed by atoms with Crippen LogP contribution < -0.4 is 5.32 Å². The fourth-order valence-electron chi connectivity index (χ4n) is 13.2. The van der Waals surface area contributed by atoms with Crippen molar-refractivity contribution in [2.45, 2.75) is 153 Å². The van der Waals surface area contributed by atoms with E-state index >= 15 is 0 Å². The fourth-order valence-corrected chi connectivity index (χ4v) is 14.5. The first-order valence-corrected chi connectivity index (χ1v) is 24.2. The van der Waals surface area contributed by atoms with Gasteiger partial charge in [0, 0.05) is 31.7 Å². The van der Waals surface area contributed by atoms with Gasteiger partial charge in [0.05, 0.1) is 17.1 Å².